The number of fused-ring (bicyclic) bond motifs is 10. The van der Waals surface area contributed by atoms with Crippen molar-refractivity contribution in [3.63, 3.8) is 0 Å². The third-order valence-corrected chi connectivity index (χ3v) is 5.27. The minimum Gasteiger partial charge on any atom is -0.354 e. The van der Waals surface area contributed by atoms with Crippen molar-refractivity contribution in [3.05, 3.63) is 79.1 Å². The number of hydrogen-bond donors (Lipinski definition) is 1. The van der Waals surface area contributed by atoms with Crippen LogP contribution in [0.4, 0.5) is 0 Å². The fourth-order valence-electron chi connectivity index (χ4n) is 4.23. The van der Waals surface area contributed by atoms with Crippen LogP contribution in [-0.2, 0) is 0 Å². The fraction of sp³-hybridized carbons (Fsp3) is 0. The predicted molar refractivity (Wildman–Crippen MR) is 106 cm³/mol. The average molecular weight is 318 g/mol. The fourth-order valence-corrected chi connectivity index (χ4v) is 4.23. The maximum Gasteiger partial charge on any atom is 0.0496 e. The molecule has 2 aromatic heterocycles. The molecule has 0 radical (unpaired) electrons. The number of nitrogens with one attached hydrogen (secondary N) is 1. The van der Waals surface area contributed by atoms with E-state index in [1.165, 1.54) is 43.1 Å². The van der Waals surface area contributed by atoms with E-state index in [1.54, 1.807) is 0 Å². The second-order valence-corrected chi connectivity index (χ2v) is 6.55. The summed E-state index contributed by atoms with van der Waals surface area (Å²) in [7, 11) is 0. The molecule has 25 heavy (non-hydrogen) atoms. The van der Waals surface area contributed by atoms with Gasteiger partial charge in [0.15, 0.2) is 0 Å². The summed E-state index contributed by atoms with van der Waals surface area (Å²) in [6, 6.07) is 23.9. The number of rotatable bonds is 0. The summed E-state index contributed by atoms with van der Waals surface area (Å²) in [5.74, 6) is 0. The zero-order chi connectivity index (χ0) is 16.4. The van der Waals surface area contributed by atoms with Crippen molar-refractivity contribution >= 4 is 54.1 Å². The summed E-state index contributed by atoms with van der Waals surface area (Å²) in [4.78, 5) is 7.91. The van der Waals surface area contributed by atoms with E-state index >= 15 is 0 Å². The highest BCUT2D eigenvalue weighted by atomic mass is 14.7. The van der Waals surface area contributed by atoms with E-state index in [0.717, 1.165) is 11.0 Å². The molecule has 0 spiro atoms. The monoisotopic (exact) mass is 318 g/mol. The van der Waals surface area contributed by atoms with Gasteiger partial charge in [-0.1, -0.05) is 54.6 Å². The van der Waals surface area contributed by atoms with E-state index in [9.17, 15) is 0 Å². The highest BCUT2D eigenvalue weighted by molar-refractivity contribution is 6.34. The van der Waals surface area contributed by atoms with Crippen LogP contribution in [0.2, 0.25) is 0 Å². The summed E-state index contributed by atoms with van der Waals surface area (Å²) in [5, 5.41) is 10.3. The van der Waals surface area contributed by atoms with Crippen LogP contribution in [0.25, 0.3) is 54.1 Å². The summed E-state index contributed by atoms with van der Waals surface area (Å²) < 4.78 is 0. The van der Waals surface area contributed by atoms with Crippen LogP contribution in [0.1, 0.15) is 0 Å². The van der Waals surface area contributed by atoms with Crippen molar-refractivity contribution in [1.82, 2.24) is 9.97 Å². The van der Waals surface area contributed by atoms with Crippen molar-refractivity contribution < 1.29 is 0 Å². The second kappa shape index (κ2) is 4.58. The molecule has 0 unspecified atom stereocenters. The molecule has 0 aliphatic carbocycles. The number of H-pyrrole nitrogens is 1. The van der Waals surface area contributed by atoms with Crippen molar-refractivity contribution in [2.75, 3.05) is 0 Å². The maximum absolute atomic E-state index is 4.36. The minimum absolute atomic E-state index is 1.13. The molecule has 0 aliphatic rings. The maximum atomic E-state index is 4.36. The Balaban J connectivity index is 2.06. The Bertz CT molecular complexity index is 1410. The predicted octanol–water partition coefficient (Wildman–Crippen LogP) is 6.18. The number of hydrogen-bond acceptors (Lipinski definition) is 1. The molecule has 0 saturated carbocycles. The summed E-state index contributed by atoms with van der Waals surface area (Å²) >= 11 is 0. The third kappa shape index (κ3) is 1.61. The van der Waals surface area contributed by atoms with Gasteiger partial charge < -0.3 is 4.98 Å². The van der Waals surface area contributed by atoms with E-state index in [-0.39, 0.29) is 0 Å². The Morgan fingerprint density at radius 2 is 1.16 bits per heavy atom. The van der Waals surface area contributed by atoms with Crippen LogP contribution in [0, 0.1) is 0 Å². The van der Waals surface area contributed by atoms with Gasteiger partial charge in [0.25, 0.3) is 0 Å². The Morgan fingerprint density at radius 1 is 0.520 bits per heavy atom. The molecule has 0 bridgehead atoms. The normalized spacial score (nSPS) is 12.0. The van der Waals surface area contributed by atoms with Gasteiger partial charge in [-0.25, -0.2) is 0 Å². The first-order chi connectivity index (χ1) is 12.4. The minimum atomic E-state index is 1.13. The van der Waals surface area contributed by atoms with E-state index in [4.69, 9.17) is 0 Å². The van der Waals surface area contributed by atoms with Crippen molar-refractivity contribution in [1.29, 1.82) is 0 Å². The van der Waals surface area contributed by atoms with Crippen LogP contribution < -0.4 is 0 Å². The average Bonchev–Trinajstić information content (AvgIpc) is 3.06. The van der Waals surface area contributed by atoms with Gasteiger partial charge in [-0.05, 0) is 39.1 Å². The lowest BCUT2D eigenvalue weighted by Crippen LogP contribution is -1.84. The molecular formula is C23H14N2. The van der Waals surface area contributed by atoms with Gasteiger partial charge in [0, 0.05) is 39.6 Å². The largest absolute Gasteiger partial charge is 0.354 e. The molecule has 6 rings (SSSR count). The summed E-state index contributed by atoms with van der Waals surface area (Å²) in [5.41, 5.74) is 2.30. The smallest absolute Gasteiger partial charge is 0.0496 e. The highest BCUT2D eigenvalue weighted by Gasteiger charge is 2.14. The molecule has 0 aliphatic heterocycles. The zero-order valence-corrected chi connectivity index (χ0v) is 13.5. The van der Waals surface area contributed by atoms with E-state index in [0.29, 0.717) is 0 Å². The van der Waals surface area contributed by atoms with Crippen molar-refractivity contribution in [2.45, 2.75) is 0 Å². The second-order valence-electron chi connectivity index (χ2n) is 6.55. The molecule has 116 valence electrons. The third-order valence-electron chi connectivity index (χ3n) is 5.27. The van der Waals surface area contributed by atoms with Gasteiger partial charge in [-0.2, -0.15) is 0 Å². The van der Waals surface area contributed by atoms with Crippen molar-refractivity contribution in [3.8, 4) is 0 Å². The van der Waals surface area contributed by atoms with Gasteiger partial charge >= 0.3 is 0 Å². The number of pyridine rings is 1. The van der Waals surface area contributed by atoms with Crippen molar-refractivity contribution in [2.24, 2.45) is 0 Å². The van der Waals surface area contributed by atoms with Gasteiger partial charge in [0.05, 0.1) is 0 Å². The molecule has 0 saturated heterocycles. The SMILES string of the molecule is c1ccc2c(c1)c1ccccc1c1c2ccc2[nH]c3ccncc3c21. The van der Waals surface area contributed by atoms with E-state index < -0.39 is 0 Å². The quantitative estimate of drug-likeness (QED) is 0.333. The molecule has 6 aromatic rings. The first-order valence-corrected chi connectivity index (χ1v) is 8.49. The summed E-state index contributed by atoms with van der Waals surface area (Å²) in [6.07, 6.45) is 3.81. The molecule has 0 atom stereocenters. The number of benzene rings is 4. The molecule has 2 heteroatoms. The van der Waals surface area contributed by atoms with E-state index in [2.05, 4.69) is 70.6 Å². The first-order valence-electron chi connectivity index (χ1n) is 8.49. The van der Waals surface area contributed by atoms with Gasteiger partial charge in [-0.15, -0.1) is 0 Å². The number of nitrogens with zero attached hydrogens (tertiary/aromatic N) is 1. The Labute approximate surface area is 143 Å². The topological polar surface area (TPSA) is 28.7 Å². The molecule has 4 aromatic carbocycles. The summed E-state index contributed by atoms with van der Waals surface area (Å²) in [6.45, 7) is 0. The van der Waals surface area contributed by atoms with E-state index in [1.807, 2.05) is 18.5 Å². The lowest BCUT2D eigenvalue weighted by Gasteiger charge is -2.11. The molecular weight excluding hydrogens is 304 g/mol. The molecule has 1 N–H and O–H groups in total. The van der Waals surface area contributed by atoms with Crippen LogP contribution >= 0.6 is 0 Å². The zero-order valence-electron chi connectivity index (χ0n) is 13.5. The van der Waals surface area contributed by atoms with Gasteiger partial charge in [0.1, 0.15) is 0 Å². The van der Waals surface area contributed by atoms with Crippen LogP contribution in [-0.4, -0.2) is 9.97 Å². The molecule has 0 amide bonds. The first kappa shape index (κ1) is 13.0. The Kier molecular flexibility index (Phi) is 2.37. The standard InChI is InChI=1S/C23H14N2/c1-2-7-16-14(5-1)15-6-3-4-8-17(15)22-18(16)9-10-21-23(22)19-13-24-12-11-20(19)25-21/h1-13,25H. The van der Waals surface area contributed by atoms with Crippen LogP contribution in [0.5, 0.6) is 0 Å². The molecule has 2 nitrogen and oxygen atoms in total. The molecule has 0 fully saturated rings. The lowest BCUT2D eigenvalue weighted by atomic mass is 9.92. The van der Waals surface area contributed by atoms with Gasteiger partial charge in [-0.3, -0.25) is 4.98 Å². The Morgan fingerprint density at radius 3 is 1.92 bits per heavy atom. The number of aromatic amines is 1. The van der Waals surface area contributed by atoms with Crippen LogP contribution in [0.3, 0.4) is 0 Å². The highest BCUT2D eigenvalue weighted by Crippen LogP contribution is 2.40. The lowest BCUT2D eigenvalue weighted by molar-refractivity contribution is 1.36. The number of aromatic nitrogens is 2. The van der Waals surface area contributed by atoms with Crippen LogP contribution in [0.15, 0.2) is 79.1 Å². The van der Waals surface area contributed by atoms with Gasteiger partial charge in [0.2, 0.25) is 0 Å². The Hall–Kier alpha value is -3.39. The molecule has 2 heterocycles.